The average molecular weight is 454 g/mol. The Kier molecular flexibility index (Phi) is 7.14. The Bertz CT molecular complexity index is 958. The van der Waals surface area contributed by atoms with E-state index in [1.165, 1.54) is 17.0 Å². The summed E-state index contributed by atoms with van der Waals surface area (Å²) >= 11 is 0. The summed E-state index contributed by atoms with van der Waals surface area (Å²) in [6.45, 7) is 2.95. The summed E-state index contributed by atoms with van der Waals surface area (Å²) in [5, 5.41) is 11.2. The van der Waals surface area contributed by atoms with Crippen molar-refractivity contribution in [3.8, 4) is 0 Å². The highest BCUT2D eigenvalue weighted by atomic mass is 32.2. The van der Waals surface area contributed by atoms with Crippen molar-refractivity contribution >= 4 is 33.1 Å². The largest absolute Gasteiger partial charge is 0.452 e. The van der Waals surface area contributed by atoms with E-state index in [0.29, 0.717) is 18.7 Å². The smallest absolute Gasteiger partial charge is 0.341 e. The van der Waals surface area contributed by atoms with E-state index in [-0.39, 0.29) is 22.8 Å². The van der Waals surface area contributed by atoms with Crippen LogP contribution >= 0.6 is 0 Å². The zero-order chi connectivity index (χ0) is 22.6. The molecule has 1 aromatic carbocycles. The summed E-state index contributed by atoms with van der Waals surface area (Å²) in [6.07, 6.45) is 3.36. The van der Waals surface area contributed by atoms with E-state index in [1.54, 1.807) is 13.0 Å². The number of hydrogen-bond acceptors (Lipinski definition) is 8. The van der Waals surface area contributed by atoms with Crippen LogP contribution in [0.3, 0.4) is 0 Å². The SMILES string of the molecule is CCN(C(=O)COC(=O)c1cc([N+](=O)[O-])ccc1N1CCCCC1)[C@@H]1CCS(=O)(=O)C1. The molecule has 2 heterocycles. The first-order chi connectivity index (χ1) is 14.7. The van der Waals surface area contributed by atoms with Crippen LogP contribution in [0.25, 0.3) is 0 Å². The van der Waals surface area contributed by atoms with E-state index in [9.17, 15) is 28.1 Å². The molecule has 0 N–H and O–H groups in total. The van der Waals surface area contributed by atoms with Crippen molar-refractivity contribution in [2.24, 2.45) is 0 Å². The molecule has 0 unspecified atom stereocenters. The van der Waals surface area contributed by atoms with Gasteiger partial charge in [0, 0.05) is 37.8 Å². The molecule has 0 saturated carbocycles. The van der Waals surface area contributed by atoms with Crippen molar-refractivity contribution in [1.82, 2.24) is 4.90 Å². The molecular formula is C20H27N3O7S. The molecule has 1 atom stereocenters. The molecule has 1 aromatic rings. The Labute approximate surface area is 181 Å². The minimum Gasteiger partial charge on any atom is -0.452 e. The van der Waals surface area contributed by atoms with Crippen LogP contribution in [0, 0.1) is 10.1 Å². The second-order valence-electron chi connectivity index (χ2n) is 7.82. The maximum Gasteiger partial charge on any atom is 0.341 e. The number of hydrogen-bond donors (Lipinski definition) is 0. The highest BCUT2D eigenvalue weighted by Gasteiger charge is 2.34. The second kappa shape index (κ2) is 9.63. The van der Waals surface area contributed by atoms with Gasteiger partial charge in [0.25, 0.3) is 11.6 Å². The minimum atomic E-state index is -3.16. The van der Waals surface area contributed by atoms with Crippen LogP contribution in [0.5, 0.6) is 0 Å². The van der Waals surface area contributed by atoms with Crippen molar-refractivity contribution < 1.29 is 27.7 Å². The summed E-state index contributed by atoms with van der Waals surface area (Å²) in [4.78, 5) is 39.4. The Hall–Kier alpha value is -2.69. The summed E-state index contributed by atoms with van der Waals surface area (Å²) in [6, 6.07) is 3.65. The van der Waals surface area contributed by atoms with E-state index in [1.807, 2.05) is 4.90 Å². The van der Waals surface area contributed by atoms with Crippen LogP contribution in [0.4, 0.5) is 11.4 Å². The number of nitro groups is 1. The molecule has 0 spiro atoms. The lowest BCUT2D eigenvalue weighted by atomic mass is 10.1. The molecule has 11 heteroatoms. The summed E-state index contributed by atoms with van der Waals surface area (Å²) in [5.74, 6) is -1.35. The third kappa shape index (κ3) is 5.52. The highest BCUT2D eigenvalue weighted by molar-refractivity contribution is 7.91. The van der Waals surface area contributed by atoms with Gasteiger partial charge in [-0.05, 0) is 38.7 Å². The zero-order valence-corrected chi connectivity index (χ0v) is 18.3. The monoisotopic (exact) mass is 453 g/mol. The Morgan fingerprint density at radius 2 is 1.97 bits per heavy atom. The van der Waals surface area contributed by atoms with E-state index in [0.717, 1.165) is 32.4 Å². The number of sulfone groups is 1. The molecule has 3 rings (SSSR count). The van der Waals surface area contributed by atoms with Crippen LogP contribution < -0.4 is 4.90 Å². The predicted molar refractivity (Wildman–Crippen MR) is 114 cm³/mol. The van der Waals surface area contributed by atoms with Gasteiger partial charge in [0.1, 0.15) is 0 Å². The maximum absolute atomic E-state index is 12.8. The van der Waals surface area contributed by atoms with Gasteiger partial charge in [-0.15, -0.1) is 0 Å². The molecular weight excluding hydrogens is 426 g/mol. The van der Waals surface area contributed by atoms with Crippen LogP contribution in [0.1, 0.15) is 43.0 Å². The van der Waals surface area contributed by atoms with Crippen molar-refractivity contribution in [3.63, 3.8) is 0 Å². The number of likely N-dealkylation sites (N-methyl/N-ethyl adjacent to an activating group) is 1. The predicted octanol–water partition coefficient (Wildman–Crippen LogP) is 1.78. The lowest BCUT2D eigenvalue weighted by Crippen LogP contribution is -2.43. The van der Waals surface area contributed by atoms with Gasteiger partial charge in [0.05, 0.1) is 27.7 Å². The number of anilines is 1. The van der Waals surface area contributed by atoms with Crippen molar-refractivity contribution in [2.45, 2.75) is 38.6 Å². The third-order valence-electron chi connectivity index (χ3n) is 5.74. The molecule has 10 nitrogen and oxygen atoms in total. The average Bonchev–Trinajstić information content (AvgIpc) is 3.11. The number of non-ortho nitro benzene ring substituents is 1. The number of nitro benzene ring substituents is 1. The number of amides is 1. The fourth-order valence-electron chi connectivity index (χ4n) is 4.16. The standard InChI is InChI=1S/C20H27N3O7S/c1-2-22(16-8-11-31(28,29)14-16)19(24)13-30-20(25)17-12-15(23(26)27)6-7-18(17)21-9-4-3-5-10-21/h6-7,12,16H,2-5,8-11,13-14H2,1H3/t16-/m1/s1. The first kappa shape index (κ1) is 23.0. The lowest BCUT2D eigenvalue weighted by Gasteiger charge is -2.30. The molecule has 0 radical (unpaired) electrons. The highest BCUT2D eigenvalue weighted by Crippen LogP contribution is 2.28. The lowest BCUT2D eigenvalue weighted by molar-refractivity contribution is -0.384. The molecule has 2 aliphatic rings. The zero-order valence-electron chi connectivity index (χ0n) is 17.5. The van der Waals surface area contributed by atoms with Gasteiger partial charge in [0.15, 0.2) is 16.4 Å². The number of carbonyl (C=O) groups is 2. The minimum absolute atomic E-state index is 0.0358. The normalized spacial score (nSPS) is 20.3. The molecule has 31 heavy (non-hydrogen) atoms. The van der Waals surface area contributed by atoms with Crippen LogP contribution in [0.15, 0.2) is 18.2 Å². The van der Waals surface area contributed by atoms with E-state index < -0.39 is 39.3 Å². The Balaban J connectivity index is 1.73. The third-order valence-corrected chi connectivity index (χ3v) is 7.49. The number of esters is 1. The summed E-state index contributed by atoms with van der Waals surface area (Å²) < 4.78 is 28.7. The number of ether oxygens (including phenoxy) is 1. The molecule has 2 saturated heterocycles. The first-order valence-corrected chi connectivity index (χ1v) is 12.2. The van der Waals surface area contributed by atoms with Gasteiger partial charge in [-0.3, -0.25) is 14.9 Å². The fraction of sp³-hybridized carbons (Fsp3) is 0.600. The number of carbonyl (C=O) groups excluding carboxylic acids is 2. The summed E-state index contributed by atoms with van der Waals surface area (Å²) in [5.41, 5.74) is 0.373. The van der Waals surface area contributed by atoms with Gasteiger partial charge in [-0.25, -0.2) is 13.2 Å². The van der Waals surface area contributed by atoms with E-state index >= 15 is 0 Å². The van der Waals surface area contributed by atoms with Gasteiger partial charge in [-0.1, -0.05) is 0 Å². The topological polar surface area (TPSA) is 127 Å². The fourth-order valence-corrected chi connectivity index (χ4v) is 5.89. The summed E-state index contributed by atoms with van der Waals surface area (Å²) in [7, 11) is -3.16. The Morgan fingerprint density at radius 1 is 1.26 bits per heavy atom. The van der Waals surface area contributed by atoms with Crippen molar-refractivity contribution in [3.05, 3.63) is 33.9 Å². The Morgan fingerprint density at radius 3 is 2.55 bits per heavy atom. The molecule has 170 valence electrons. The number of benzene rings is 1. The van der Waals surface area contributed by atoms with Crippen molar-refractivity contribution in [1.29, 1.82) is 0 Å². The van der Waals surface area contributed by atoms with Crippen molar-refractivity contribution in [2.75, 3.05) is 42.6 Å². The van der Waals surface area contributed by atoms with Crippen LogP contribution in [-0.4, -0.2) is 73.9 Å². The van der Waals surface area contributed by atoms with E-state index in [4.69, 9.17) is 4.74 Å². The van der Waals surface area contributed by atoms with Crippen LogP contribution in [0.2, 0.25) is 0 Å². The second-order valence-corrected chi connectivity index (χ2v) is 10.0. The molecule has 2 fully saturated rings. The molecule has 2 aliphatic heterocycles. The quantitative estimate of drug-likeness (QED) is 0.347. The molecule has 0 aliphatic carbocycles. The molecule has 0 bridgehead atoms. The maximum atomic E-state index is 12.8. The van der Waals surface area contributed by atoms with Gasteiger partial charge in [0.2, 0.25) is 0 Å². The number of piperidine rings is 1. The molecule has 0 aromatic heterocycles. The molecule has 1 amide bonds. The number of rotatable bonds is 7. The van der Waals surface area contributed by atoms with Gasteiger partial charge in [-0.2, -0.15) is 0 Å². The van der Waals surface area contributed by atoms with Gasteiger partial charge >= 0.3 is 5.97 Å². The number of nitrogens with zero attached hydrogens (tertiary/aromatic N) is 3. The van der Waals surface area contributed by atoms with Gasteiger partial charge < -0.3 is 14.5 Å². The first-order valence-electron chi connectivity index (χ1n) is 10.4. The van der Waals surface area contributed by atoms with Crippen LogP contribution in [-0.2, 0) is 19.4 Å². The van der Waals surface area contributed by atoms with E-state index in [2.05, 4.69) is 0 Å².